The second-order valence-corrected chi connectivity index (χ2v) is 7.90. The number of hydrogen-bond acceptors (Lipinski definition) is 3. The Balaban J connectivity index is 1.50. The van der Waals surface area contributed by atoms with Gasteiger partial charge in [0.25, 0.3) is 5.91 Å². The second-order valence-electron chi connectivity index (χ2n) is 7.90. The summed E-state index contributed by atoms with van der Waals surface area (Å²) in [4.78, 5) is 26.8. The first kappa shape index (κ1) is 22.0. The first-order chi connectivity index (χ1) is 16.0. The lowest BCUT2D eigenvalue weighted by molar-refractivity contribution is -0.129. The Hall–Kier alpha value is -4.19. The van der Waals surface area contributed by atoms with Gasteiger partial charge in [0.2, 0.25) is 5.91 Å². The van der Waals surface area contributed by atoms with Crippen molar-refractivity contribution in [1.29, 1.82) is 0 Å². The van der Waals surface area contributed by atoms with E-state index in [1.165, 1.54) is 0 Å². The maximum atomic E-state index is 12.8. The Morgan fingerprint density at radius 2 is 1.55 bits per heavy atom. The number of para-hydroxylation sites is 1. The van der Waals surface area contributed by atoms with Crippen LogP contribution in [0.2, 0.25) is 0 Å². The Kier molecular flexibility index (Phi) is 6.64. The normalized spacial score (nSPS) is 10.6. The van der Waals surface area contributed by atoms with E-state index in [-0.39, 0.29) is 18.4 Å². The molecule has 0 fully saturated rings. The summed E-state index contributed by atoms with van der Waals surface area (Å²) in [6, 6.07) is 27.1. The molecule has 166 valence electrons. The Bertz CT molecular complexity index is 1250. The fraction of sp³-hybridized carbons (Fsp3) is 0.148. The molecule has 0 aliphatic carbocycles. The van der Waals surface area contributed by atoms with Crippen LogP contribution in [0.15, 0.2) is 91.1 Å². The summed E-state index contributed by atoms with van der Waals surface area (Å²) in [6.45, 7) is 2.17. The quantitative estimate of drug-likeness (QED) is 0.469. The molecular weight excluding hydrogens is 412 g/mol. The number of benzene rings is 3. The van der Waals surface area contributed by atoms with Crippen LogP contribution in [0, 0.1) is 6.92 Å². The molecule has 0 unspecified atom stereocenters. The maximum absolute atomic E-state index is 12.8. The third kappa shape index (κ3) is 5.18. The lowest BCUT2D eigenvalue weighted by atomic mass is 10.1. The molecule has 0 saturated heterocycles. The first-order valence-corrected chi connectivity index (χ1v) is 10.8. The van der Waals surface area contributed by atoms with Crippen molar-refractivity contribution < 1.29 is 9.59 Å². The van der Waals surface area contributed by atoms with Crippen molar-refractivity contribution in [3.8, 4) is 16.9 Å². The average molecular weight is 439 g/mol. The Labute approximate surface area is 193 Å². The van der Waals surface area contributed by atoms with Gasteiger partial charge in [-0.05, 0) is 30.7 Å². The molecule has 33 heavy (non-hydrogen) atoms. The lowest BCUT2D eigenvalue weighted by Crippen LogP contribution is -2.38. The Morgan fingerprint density at radius 3 is 2.24 bits per heavy atom. The standard InChI is InChI=1S/C27H26N4O2/c1-20-11-9-10-16-24(20)27(33)28-17-25(32)30(2)18-22-19-31(23-14-7-4-8-15-23)29-26(22)21-12-5-3-6-13-21/h3-16,19H,17-18H2,1-2H3,(H,28,33). The summed E-state index contributed by atoms with van der Waals surface area (Å²) >= 11 is 0. The van der Waals surface area contributed by atoms with Gasteiger partial charge in [0.15, 0.2) is 0 Å². The van der Waals surface area contributed by atoms with Gasteiger partial charge in [0.05, 0.1) is 17.9 Å². The van der Waals surface area contributed by atoms with Crippen LogP contribution in [0.25, 0.3) is 16.9 Å². The monoisotopic (exact) mass is 438 g/mol. The van der Waals surface area contributed by atoms with Gasteiger partial charge in [-0.2, -0.15) is 5.10 Å². The summed E-state index contributed by atoms with van der Waals surface area (Å²) in [6.07, 6.45) is 1.95. The van der Waals surface area contributed by atoms with Crippen LogP contribution in [-0.4, -0.2) is 40.1 Å². The summed E-state index contributed by atoms with van der Waals surface area (Å²) in [7, 11) is 1.73. The number of amides is 2. The molecule has 0 aliphatic rings. The molecule has 0 spiro atoms. The van der Waals surface area contributed by atoms with Crippen LogP contribution in [0.3, 0.4) is 0 Å². The minimum Gasteiger partial charge on any atom is -0.343 e. The number of nitrogens with zero attached hydrogens (tertiary/aromatic N) is 3. The smallest absolute Gasteiger partial charge is 0.251 e. The van der Waals surface area contributed by atoms with Crippen LogP contribution in [-0.2, 0) is 11.3 Å². The third-order valence-electron chi connectivity index (χ3n) is 5.48. The minimum absolute atomic E-state index is 0.0723. The highest BCUT2D eigenvalue weighted by Gasteiger charge is 2.18. The third-order valence-corrected chi connectivity index (χ3v) is 5.48. The number of aryl methyl sites for hydroxylation is 1. The number of carbonyl (C=O) groups excluding carboxylic acids is 2. The molecule has 3 aromatic carbocycles. The summed E-state index contributed by atoms with van der Waals surface area (Å²) < 4.78 is 1.83. The molecule has 6 nitrogen and oxygen atoms in total. The van der Waals surface area contributed by atoms with E-state index < -0.39 is 0 Å². The molecule has 1 N–H and O–H groups in total. The van der Waals surface area contributed by atoms with Crippen molar-refractivity contribution in [3.05, 3.63) is 108 Å². The van der Waals surface area contributed by atoms with Gasteiger partial charge in [0, 0.05) is 36.5 Å². The van der Waals surface area contributed by atoms with Crippen LogP contribution >= 0.6 is 0 Å². The van der Waals surface area contributed by atoms with E-state index in [1.54, 1.807) is 18.0 Å². The lowest BCUT2D eigenvalue weighted by Gasteiger charge is -2.17. The molecule has 4 aromatic rings. The predicted molar refractivity (Wildman–Crippen MR) is 129 cm³/mol. The summed E-state index contributed by atoms with van der Waals surface area (Å²) in [5.41, 5.74) is 5.12. The van der Waals surface area contributed by atoms with Crippen molar-refractivity contribution >= 4 is 11.8 Å². The second kappa shape index (κ2) is 9.96. The molecule has 0 saturated carbocycles. The summed E-state index contributed by atoms with van der Waals surface area (Å²) in [5, 5.41) is 7.53. The van der Waals surface area contributed by atoms with Gasteiger partial charge in [-0.15, -0.1) is 0 Å². The predicted octanol–water partition coefficient (Wildman–Crippen LogP) is 4.24. The molecular formula is C27H26N4O2. The highest BCUT2D eigenvalue weighted by molar-refractivity contribution is 5.97. The fourth-order valence-electron chi connectivity index (χ4n) is 3.63. The molecule has 0 bridgehead atoms. The molecule has 1 aromatic heterocycles. The molecule has 0 radical (unpaired) electrons. The topological polar surface area (TPSA) is 67.2 Å². The minimum atomic E-state index is -0.253. The number of rotatable bonds is 7. The van der Waals surface area contributed by atoms with E-state index in [1.807, 2.05) is 96.7 Å². The largest absolute Gasteiger partial charge is 0.343 e. The van der Waals surface area contributed by atoms with Gasteiger partial charge in [-0.3, -0.25) is 9.59 Å². The van der Waals surface area contributed by atoms with Crippen molar-refractivity contribution in [2.75, 3.05) is 13.6 Å². The van der Waals surface area contributed by atoms with E-state index in [4.69, 9.17) is 5.10 Å². The highest BCUT2D eigenvalue weighted by Crippen LogP contribution is 2.24. The molecule has 0 aliphatic heterocycles. The zero-order valence-electron chi connectivity index (χ0n) is 18.7. The zero-order valence-corrected chi connectivity index (χ0v) is 18.7. The zero-order chi connectivity index (χ0) is 23.2. The maximum Gasteiger partial charge on any atom is 0.251 e. The van der Waals surface area contributed by atoms with E-state index in [2.05, 4.69) is 5.32 Å². The van der Waals surface area contributed by atoms with Gasteiger partial charge < -0.3 is 10.2 Å². The number of nitrogens with one attached hydrogen (secondary N) is 1. The van der Waals surface area contributed by atoms with Gasteiger partial charge >= 0.3 is 0 Å². The van der Waals surface area contributed by atoms with Crippen LogP contribution in [0.1, 0.15) is 21.5 Å². The van der Waals surface area contributed by atoms with Crippen molar-refractivity contribution in [1.82, 2.24) is 20.0 Å². The molecule has 1 heterocycles. The van der Waals surface area contributed by atoms with Gasteiger partial charge in [-0.25, -0.2) is 4.68 Å². The van der Waals surface area contributed by atoms with Gasteiger partial charge in [0.1, 0.15) is 0 Å². The fourth-order valence-corrected chi connectivity index (χ4v) is 3.63. The highest BCUT2D eigenvalue weighted by atomic mass is 16.2. The average Bonchev–Trinajstić information content (AvgIpc) is 3.27. The van der Waals surface area contributed by atoms with Crippen molar-refractivity contribution in [2.45, 2.75) is 13.5 Å². The number of likely N-dealkylation sites (N-methyl/N-ethyl adjacent to an activating group) is 1. The first-order valence-electron chi connectivity index (χ1n) is 10.8. The van der Waals surface area contributed by atoms with E-state index >= 15 is 0 Å². The number of aromatic nitrogens is 2. The summed E-state index contributed by atoms with van der Waals surface area (Å²) in [5.74, 6) is -0.430. The van der Waals surface area contributed by atoms with E-state index in [9.17, 15) is 9.59 Å². The van der Waals surface area contributed by atoms with E-state index in [0.717, 1.165) is 28.1 Å². The molecule has 6 heteroatoms. The van der Waals surface area contributed by atoms with Crippen LogP contribution in [0.4, 0.5) is 0 Å². The van der Waals surface area contributed by atoms with Gasteiger partial charge in [-0.1, -0.05) is 66.7 Å². The molecule has 0 atom stereocenters. The van der Waals surface area contributed by atoms with Crippen molar-refractivity contribution in [3.63, 3.8) is 0 Å². The molecule has 4 rings (SSSR count). The van der Waals surface area contributed by atoms with Crippen molar-refractivity contribution in [2.24, 2.45) is 0 Å². The number of carbonyl (C=O) groups is 2. The van der Waals surface area contributed by atoms with Crippen LogP contribution < -0.4 is 5.32 Å². The number of hydrogen-bond donors (Lipinski definition) is 1. The molecule has 2 amide bonds. The Morgan fingerprint density at radius 1 is 0.909 bits per heavy atom. The van der Waals surface area contributed by atoms with E-state index in [0.29, 0.717) is 12.1 Å². The SMILES string of the molecule is Cc1ccccc1C(=O)NCC(=O)N(C)Cc1cn(-c2ccccc2)nc1-c1ccccc1. The van der Waals surface area contributed by atoms with Crippen LogP contribution in [0.5, 0.6) is 0 Å².